The van der Waals surface area contributed by atoms with E-state index in [1.165, 1.54) is 6.07 Å². The Kier molecular flexibility index (Phi) is 6.88. The van der Waals surface area contributed by atoms with Crippen molar-refractivity contribution in [2.24, 2.45) is 0 Å². The summed E-state index contributed by atoms with van der Waals surface area (Å²) in [7, 11) is 0. The van der Waals surface area contributed by atoms with Gasteiger partial charge in [-0.2, -0.15) is 0 Å². The van der Waals surface area contributed by atoms with Crippen molar-refractivity contribution in [3.8, 4) is 11.3 Å². The standard InChI is InChI=1S/C14H11N3O.2ClH.H2O/c15-10-3-1-2-9(8-10)14-11-4-5-13(18)17-12(11)6-7-16-14;;;/h1-8H,15H2,(H,17,18);2*1H;1H2. The van der Waals surface area contributed by atoms with E-state index < -0.39 is 0 Å². The molecule has 0 radical (unpaired) electrons. The van der Waals surface area contributed by atoms with Gasteiger partial charge in [0.1, 0.15) is 0 Å². The topological polar surface area (TPSA) is 103 Å². The number of anilines is 1. The lowest BCUT2D eigenvalue weighted by Gasteiger charge is -2.05. The van der Waals surface area contributed by atoms with Crippen molar-refractivity contribution in [3.05, 3.63) is 59.0 Å². The molecule has 3 rings (SSSR count). The second kappa shape index (κ2) is 7.64. The molecular formula is C14H15Cl2N3O2. The third-order valence-corrected chi connectivity index (χ3v) is 2.81. The number of benzene rings is 1. The number of fused-ring (bicyclic) bond motifs is 1. The van der Waals surface area contributed by atoms with Gasteiger partial charge in [0.05, 0.1) is 11.2 Å². The Morgan fingerprint density at radius 2 is 1.81 bits per heavy atom. The van der Waals surface area contributed by atoms with Crippen molar-refractivity contribution in [1.82, 2.24) is 9.97 Å². The molecule has 0 saturated carbocycles. The molecule has 112 valence electrons. The van der Waals surface area contributed by atoms with Gasteiger partial charge in [0.2, 0.25) is 5.56 Å². The maximum absolute atomic E-state index is 11.3. The van der Waals surface area contributed by atoms with E-state index in [1.54, 1.807) is 18.3 Å². The number of hydrogen-bond donors (Lipinski definition) is 2. The molecule has 1 aromatic carbocycles. The molecule has 0 aliphatic heterocycles. The Morgan fingerprint density at radius 3 is 2.52 bits per heavy atom. The van der Waals surface area contributed by atoms with Crippen molar-refractivity contribution < 1.29 is 5.48 Å². The number of pyridine rings is 2. The number of H-pyrrole nitrogens is 1. The Morgan fingerprint density at radius 1 is 1.05 bits per heavy atom. The fraction of sp³-hybridized carbons (Fsp3) is 0. The van der Waals surface area contributed by atoms with Gasteiger partial charge < -0.3 is 16.2 Å². The number of rotatable bonds is 1. The van der Waals surface area contributed by atoms with Crippen LogP contribution in [0, 0.1) is 0 Å². The van der Waals surface area contributed by atoms with E-state index in [0.717, 1.165) is 22.2 Å². The van der Waals surface area contributed by atoms with E-state index in [2.05, 4.69) is 9.97 Å². The highest BCUT2D eigenvalue weighted by Gasteiger charge is 2.05. The first-order valence-corrected chi connectivity index (χ1v) is 5.58. The summed E-state index contributed by atoms with van der Waals surface area (Å²) >= 11 is 0. The van der Waals surface area contributed by atoms with Crippen molar-refractivity contribution in [1.29, 1.82) is 0 Å². The first-order chi connectivity index (χ1) is 8.74. The van der Waals surface area contributed by atoms with Crippen LogP contribution in [0.25, 0.3) is 22.2 Å². The van der Waals surface area contributed by atoms with E-state index in [4.69, 9.17) is 5.73 Å². The van der Waals surface area contributed by atoms with Gasteiger partial charge in [-0.3, -0.25) is 9.78 Å². The van der Waals surface area contributed by atoms with Crippen molar-refractivity contribution >= 4 is 41.4 Å². The lowest BCUT2D eigenvalue weighted by Crippen LogP contribution is -2.03. The minimum atomic E-state index is -0.118. The lowest BCUT2D eigenvalue weighted by atomic mass is 10.1. The molecule has 7 heteroatoms. The first kappa shape index (κ1) is 18.9. The average molecular weight is 328 g/mol. The highest BCUT2D eigenvalue weighted by Crippen LogP contribution is 2.25. The molecule has 0 fully saturated rings. The number of nitrogens with zero attached hydrogens (tertiary/aromatic N) is 1. The minimum absolute atomic E-state index is 0. The largest absolute Gasteiger partial charge is 0.412 e. The predicted octanol–water partition coefficient (Wildman–Crippen LogP) is 2.19. The van der Waals surface area contributed by atoms with E-state index in [9.17, 15) is 4.79 Å². The SMILES string of the molecule is Cl.Cl.Nc1cccc(-c2nccc3[nH]c(=O)ccc23)c1.O. The van der Waals surface area contributed by atoms with Crippen LogP contribution in [0.4, 0.5) is 5.69 Å². The summed E-state index contributed by atoms with van der Waals surface area (Å²) < 4.78 is 0. The summed E-state index contributed by atoms with van der Waals surface area (Å²) in [5.74, 6) is 0. The molecule has 0 amide bonds. The van der Waals surface area contributed by atoms with Gasteiger partial charge in [0, 0.05) is 28.9 Å². The number of aromatic amines is 1. The molecule has 2 heterocycles. The van der Waals surface area contributed by atoms with E-state index in [1.807, 2.05) is 24.3 Å². The van der Waals surface area contributed by atoms with Crippen LogP contribution < -0.4 is 11.3 Å². The first-order valence-electron chi connectivity index (χ1n) is 5.58. The van der Waals surface area contributed by atoms with E-state index in [-0.39, 0.29) is 35.8 Å². The maximum Gasteiger partial charge on any atom is 0.248 e. The third-order valence-electron chi connectivity index (χ3n) is 2.81. The highest BCUT2D eigenvalue weighted by atomic mass is 35.5. The molecule has 5 N–H and O–H groups in total. The summed E-state index contributed by atoms with van der Waals surface area (Å²) in [6, 6.07) is 12.6. The molecule has 2 aromatic heterocycles. The smallest absolute Gasteiger partial charge is 0.248 e. The number of nitrogen functional groups attached to an aromatic ring is 1. The van der Waals surface area contributed by atoms with Gasteiger partial charge in [0.15, 0.2) is 0 Å². The van der Waals surface area contributed by atoms with Crippen LogP contribution in [-0.4, -0.2) is 15.4 Å². The summed E-state index contributed by atoms with van der Waals surface area (Å²) in [6.07, 6.45) is 1.68. The third kappa shape index (κ3) is 3.72. The van der Waals surface area contributed by atoms with Crippen molar-refractivity contribution in [2.75, 3.05) is 5.73 Å². The van der Waals surface area contributed by atoms with Crippen LogP contribution in [0.1, 0.15) is 0 Å². The van der Waals surface area contributed by atoms with Gasteiger partial charge in [-0.15, -0.1) is 24.8 Å². The molecule has 0 spiro atoms. The van der Waals surface area contributed by atoms with Crippen LogP contribution in [0.3, 0.4) is 0 Å². The van der Waals surface area contributed by atoms with E-state index >= 15 is 0 Å². The minimum Gasteiger partial charge on any atom is -0.412 e. The molecule has 0 atom stereocenters. The van der Waals surface area contributed by atoms with Crippen LogP contribution in [0.2, 0.25) is 0 Å². The number of nitrogens with one attached hydrogen (secondary N) is 1. The second-order valence-electron chi connectivity index (χ2n) is 4.07. The van der Waals surface area contributed by atoms with Gasteiger partial charge >= 0.3 is 0 Å². The van der Waals surface area contributed by atoms with Crippen molar-refractivity contribution in [3.63, 3.8) is 0 Å². The van der Waals surface area contributed by atoms with Crippen LogP contribution in [-0.2, 0) is 0 Å². The second-order valence-corrected chi connectivity index (χ2v) is 4.07. The number of aromatic nitrogens is 2. The Hall–Kier alpha value is -2.08. The quantitative estimate of drug-likeness (QED) is 0.669. The predicted molar refractivity (Wildman–Crippen MR) is 90.3 cm³/mol. The number of halogens is 2. The highest BCUT2D eigenvalue weighted by molar-refractivity contribution is 5.92. The molecule has 0 saturated heterocycles. The summed E-state index contributed by atoms with van der Waals surface area (Å²) in [5, 5.41) is 0.905. The molecule has 5 nitrogen and oxygen atoms in total. The fourth-order valence-electron chi connectivity index (χ4n) is 2.00. The van der Waals surface area contributed by atoms with Gasteiger partial charge in [-0.1, -0.05) is 12.1 Å². The van der Waals surface area contributed by atoms with Crippen LogP contribution in [0.15, 0.2) is 53.5 Å². The summed E-state index contributed by atoms with van der Waals surface area (Å²) in [6.45, 7) is 0. The van der Waals surface area contributed by atoms with Crippen LogP contribution >= 0.6 is 24.8 Å². The summed E-state index contributed by atoms with van der Waals surface area (Å²) in [4.78, 5) is 18.4. The molecule has 0 unspecified atom stereocenters. The molecule has 21 heavy (non-hydrogen) atoms. The zero-order valence-electron chi connectivity index (χ0n) is 10.9. The molecule has 3 aromatic rings. The van der Waals surface area contributed by atoms with Gasteiger partial charge in [0.25, 0.3) is 0 Å². The lowest BCUT2D eigenvalue weighted by molar-refractivity contribution is 0.824. The van der Waals surface area contributed by atoms with Crippen molar-refractivity contribution in [2.45, 2.75) is 0 Å². The Bertz CT molecular complexity index is 790. The fourth-order valence-corrected chi connectivity index (χ4v) is 2.00. The van der Waals surface area contributed by atoms with Gasteiger partial charge in [-0.05, 0) is 24.3 Å². The average Bonchev–Trinajstić information content (AvgIpc) is 2.37. The summed E-state index contributed by atoms with van der Waals surface area (Å²) in [5.41, 5.74) is 8.88. The number of nitrogens with two attached hydrogens (primary N) is 1. The monoisotopic (exact) mass is 327 g/mol. The molecule has 0 aliphatic carbocycles. The number of hydrogen-bond acceptors (Lipinski definition) is 3. The zero-order valence-corrected chi connectivity index (χ0v) is 12.5. The molecular weight excluding hydrogens is 313 g/mol. The zero-order chi connectivity index (χ0) is 12.5. The molecule has 0 bridgehead atoms. The molecule has 0 aliphatic rings. The Labute approximate surface area is 133 Å². The normalized spacial score (nSPS) is 9.14. The van der Waals surface area contributed by atoms with Gasteiger partial charge in [-0.25, -0.2) is 0 Å². The van der Waals surface area contributed by atoms with E-state index in [0.29, 0.717) is 5.69 Å². The maximum atomic E-state index is 11.3. The van der Waals surface area contributed by atoms with Crippen LogP contribution in [0.5, 0.6) is 0 Å². The Balaban J connectivity index is 0.00000133.